The van der Waals surface area contributed by atoms with Gasteiger partial charge in [0.1, 0.15) is 83.2 Å². The molecule has 0 bridgehead atoms. The van der Waals surface area contributed by atoms with E-state index in [0.717, 1.165) is 11.6 Å². The van der Waals surface area contributed by atoms with Crippen LogP contribution in [0, 0.1) is 0 Å². The molecule has 2 aromatic carbocycles. The zero-order chi connectivity index (χ0) is 42.3. The van der Waals surface area contributed by atoms with Crippen LogP contribution in [0.2, 0.25) is 0 Å². The smallest absolute Gasteiger partial charge is 0.239 e. The highest BCUT2D eigenvalue weighted by molar-refractivity contribution is 5.91. The first kappa shape index (κ1) is 43.6. The number of hydrogen-bond acceptors (Lipinski definition) is 19. The van der Waals surface area contributed by atoms with E-state index >= 15 is 0 Å². The maximum absolute atomic E-state index is 14.7. The van der Waals surface area contributed by atoms with E-state index < -0.39 is 121 Å². The number of fused-ring (bicyclic) bond motifs is 1. The van der Waals surface area contributed by atoms with Gasteiger partial charge in [-0.3, -0.25) is 4.79 Å². The van der Waals surface area contributed by atoms with Gasteiger partial charge in [-0.15, -0.1) is 0 Å². The third-order valence-corrected chi connectivity index (χ3v) is 10.4. The fourth-order valence-corrected chi connectivity index (χ4v) is 6.93. The van der Waals surface area contributed by atoms with Crippen LogP contribution < -0.4 is 19.6 Å². The van der Waals surface area contributed by atoms with E-state index in [9.17, 15) is 55.9 Å². The van der Waals surface area contributed by atoms with Gasteiger partial charge in [-0.2, -0.15) is 0 Å². The van der Waals surface area contributed by atoms with Gasteiger partial charge in [0.15, 0.2) is 18.2 Å². The molecule has 3 aromatic rings. The average Bonchev–Trinajstić information content (AvgIpc) is 3.20. The lowest BCUT2D eigenvalue weighted by atomic mass is 9.98. The van der Waals surface area contributed by atoms with E-state index in [0.29, 0.717) is 5.75 Å². The molecule has 320 valence electrons. The number of aromatic hydroxyl groups is 1. The van der Waals surface area contributed by atoms with E-state index in [-0.39, 0.29) is 34.6 Å². The summed E-state index contributed by atoms with van der Waals surface area (Å²) in [5, 5.41) is 106. The molecule has 3 saturated heterocycles. The van der Waals surface area contributed by atoms with Crippen LogP contribution in [0.25, 0.3) is 22.3 Å². The van der Waals surface area contributed by atoms with Gasteiger partial charge < -0.3 is 88.6 Å². The van der Waals surface area contributed by atoms with Gasteiger partial charge >= 0.3 is 0 Å². The Hall–Kier alpha value is -3.93. The van der Waals surface area contributed by atoms with Crippen molar-refractivity contribution in [3.05, 3.63) is 57.8 Å². The Bertz CT molecular complexity index is 1980. The predicted molar refractivity (Wildman–Crippen MR) is 198 cm³/mol. The van der Waals surface area contributed by atoms with Crippen molar-refractivity contribution in [2.75, 3.05) is 13.7 Å². The number of ether oxygens (including phenoxy) is 7. The third kappa shape index (κ3) is 8.41. The van der Waals surface area contributed by atoms with Gasteiger partial charge in [0.2, 0.25) is 23.8 Å². The number of phenols is 1. The van der Waals surface area contributed by atoms with Crippen LogP contribution in [-0.4, -0.2) is 157 Å². The molecule has 3 fully saturated rings. The molecule has 19 heteroatoms. The molecule has 6 rings (SSSR count). The lowest BCUT2D eigenvalue weighted by molar-refractivity contribution is -0.352. The monoisotopic (exact) mass is 822 g/mol. The van der Waals surface area contributed by atoms with Crippen molar-refractivity contribution >= 4 is 11.0 Å². The largest absolute Gasteiger partial charge is 0.507 e. The van der Waals surface area contributed by atoms with Crippen LogP contribution in [0.5, 0.6) is 23.0 Å². The van der Waals surface area contributed by atoms with Crippen molar-refractivity contribution in [3.8, 4) is 34.3 Å². The quantitative estimate of drug-likeness (QED) is 0.103. The Labute approximate surface area is 331 Å². The normalized spacial score (nSPS) is 35.4. The molecule has 0 amide bonds. The Morgan fingerprint density at radius 2 is 1.36 bits per heavy atom. The number of aliphatic hydroxyl groups is 9. The van der Waals surface area contributed by atoms with E-state index in [1.807, 2.05) is 13.8 Å². The highest BCUT2D eigenvalue weighted by Gasteiger charge is 2.51. The van der Waals surface area contributed by atoms with Crippen LogP contribution in [0.1, 0.15) is 33.3 Å². The van der Waals surface area contributed by atoms with Gasteiger partial charge in [0.05, 0.1) is 25.9 Å². The van der Waals surface area contributed by atoms with Crippen LogP contribution in [-0.2, 0) is 25.4 Å². The lowest BCUT2D eigenvalue weighted by Gasteiger charge is -2.45. The highest BCUT2D eigenvalue weighted by Crippen LogP contribution is 2.42. The van der Waals surface area contributed by atoms with E-state index in [4.69, 9.17) is 37.6 Å². The standard InChI is InChI=1S/C39H50O19/c1-14(2)6-11-19-21(54-38-32(50)29(47)26(44)22(13-40)55-38)12-20(41)23-27(45)35(33(56-34(19)23)17-7-9-18(51-5)10-8-17)57-39-36(30(48)25(43)16(4)53-39)58-37-31(49)28(46)24(42)15(3)52-37/h6-10,12,15-16,22,24-26,28-32,36-44,46-50H,11,13H2,1-5H3/t15-,16-,22+,24-,25-,26+,28+,29-,30+,31+,32+,36+,37-,38+,39+/m1/s1. The minimum absolute atomic E-state index is 0.0169. The molecule has 0 saturated carbocycles. The van der Waals surface area contributed by atoms with E-state index in [2.05, 4.69) is 0 Å². The van der Waals surface area contributed by atoms with Gasteiger partial charge in [-0.05, 0) is 58.4 Å². The topological polar surface area (TPSA) is 297 Å². The molecule has 3 aliphatic heterocycles. The van der Waals surface area contributed by atoms with Crippen molar-refractivity contribution in [2.24, 2.45) is 0 Å². The van der Waals surface area contributed by atoms with Gasteiger partial charge in [0.25, 0.3) is 0 Å². The molecule has 0 spiro atoms. The number of allylic oxidation sites excluding steroid dienone is 2. The molecular formula is C39H50O19. The van der Waals surface area contributed by atoms with Crippen molar-refractivity contribution in [1.82, 2.24) is 0 Å². The molecular weight excluding hydrogens is 772 g/mol. The predicted octanol–water partition coefficient (Wildman–Crippen LogP) is -1.08. The number of phenolic OH excluding ortho intramolecular Hbond substituents is 1. The Morgan fingerprint density at radius 3 is 1.98 bits per heavy atom. The summed E-state index contributed by atoms with van der Waals surface area (Å²) in [4.78, 5) is 14.7. The maximum atomic E-state index is 14.7. The first-order valence-electron chi connectivity index (χ1n) is 18.6. The van der Waals surface area contributed by atoms with E-state index in [1.165, 1.54) is 33.1 Å². The summed E-state index contributed by atoms with van der Waals surface area (Å²) in [5.41, 5.74) is 0.0592. The summed E-state index contributed by atoms with van der Waals surface area (Å²) < 4.78 is 46.9. The van der Waals surface area contributed by atoms with Crippen molar-refractivity contribution in [2.45, 2.75) is 126 Å². The molecule has 15 atom stereocenters. The van der Waals surface area contributed by atoms with Crippen LogP contribution in [0.15, 0.2) is 51.2 Å². The van der Waals surface area contributed by atoms with Crippen LogP contribution in [0.4, 0.5) is 0 Å². The maximum Gasteiger partial charge on any atom is 0.239 e. The number of aliphatic hydroxyl groups excluding tert-OH is 9. The van der Waals surface area contributed by atoms with Crippen LogP contribution in [0.3, 0.4) is 0 Å². The number of benzene rings is 2. The number of methoxy groups -OCH3 is 1. The number of rotatable bonds is 11. The molecule has 10 N–H and O–H groups in total. The zero-order valence-electron chi connectivity index (χ0n) is 32.2. The fraction of sp³-hybridized carbons (Fsp3) is 0.564. The average molecular weight is 823 g/mol. The van der Waals surface area contributed by atoms with E-state index in [1.54, 1.807) is 18.2 Å². The van der Waals surface area contributed by atoms with Gasteiger partial charge in [-0.25, -0.2) is 0 Å². The zero-order valence-corrected chi connectivity index (χ0v) is 32.2. The Balaban J connectivity index is 1.50. The second-order valence-electron chi connectivity index (χ2n) is 14.8. The summed E-state index contributed by atoms with van der Waals surface area (Å²) in [6.07, 6.45) is -22.2. The summed E-state index contributed by atoms with van der Waals surface area (Å²) in [7, 11) is 1.45. The second-order valence-corrected chi connectivity index (χ2v) is 14.8. The minimum Gasteiger partial charge on any atom is -0.507 e. The molecule has 19 nitrogen and oxygen atoms in total. The molecule has 58 heavy (non-hydrogen) atoms. The summed E-state index contributed by atoms with van der Waals surface area (Å²) >= 11 is 0. The van der Waals surface area contributed by atoms with Crippen molar-refractivity contribution in [1.29, 1.82) is 0 Å². The molecule has 0 radical (unpaired) electrons. The first-order valence-corrected chi connectivity index (χ1v) is 18.6. The second kappa shape index (κ2) is 17.7. The Morgan fingerprint density at radius 1 is 0.759 bits per heavy atom. The molecule has 3 aliphatic rings. The van der Waals surface area contributed by atoms with Crippen molar-refractivity contribution < 1.29 is 88.6 Å². The summed E-state index contributed by atoms with van der Waals surface area (Å²) in [6, 6.07) is 7.27. The lowest BCUT2D eigenvalue weighted by Crippen LogP contribution is -2.63. The van der Waals surface area contributed by atoms with Crippen LogP contribution >= 0.6 is 0 Å². The SMILES string of the molecule is COc1ccc(-c2oc3c(CC=C(C)C)c(O[C@H]4O[C@@H](CO)[C@H](O)[C@@H](O)[C@@H]4O)cc(O)c3c(=O)c2O[C@@H]2O[C@H](C)[C@@H](O)[C@H](O)[C@@H]2O[C@H]2O[C@H](C)[C@@H](O)[C@H](O)[C@@H]2O)cc1. The van der Waals surface area contributed by atoms with Crippen molar-refractivity contribution in [3.63, 3.8) is 0 Å². The Kier molecular flexibility index (Phi) is 13.3. The molecule has 1 aromatic heterocycles. The molecule has 0 unspecified atom stereocenters. The summed E-state index contributed by atoms with van der Waals surface area (Å²) in [6.45, 7) is 5.71. The molecule has 4 heterocycles. The summed E-state index contributed by atoms with van der Waals surface area (Å²) in [5.74, 6) is -1.22. The molecule has 0 aliphatic carbocycles. The van der Waals surface area contributed by atoms with Gasteiger partial charge in [-0.1, -0.05) is 11.6 Å². The van der Waals surface area contributed by atoms with Gasteiger partial charge in [0, 0.05) is 17.2 Å². The highest BCUT2D eigenvalue weighted by atomic mass is 16.8. The fourth-order valence-electron chi connectivity index (χ4n) is 6.93. The first-order chi connectivity index (χ1) is 27.5. The third-order valence-electron chi connectivity index (χ3n) is 10.4. The minimum atomic E-state index is -1.83. The number of hydrogen-bond donors (Lipinski definition) is 10.